The summed E-state index contributed by atoms with van der Waals surface area (Å²) in [6.45, 7) is 7.16. The van der Waals surface area contributed by atoms with Crippen molar-refractivity contribution in [2.45, 2.75) is 39.2 Å². The third kappa shape index (κ3) is 3.34. The highest BCUT2D eigenvalue weighted by molar-refractivity contribution is 5.93. The van der Waals surface area contributed by atoms with Gasteiger partial charge in [0.1, 0.15) is 5.69 Å². The zero-order valence-corrected chi connectivity index (χ0v) is 15.3. The summed E-state index contributed by atoms with van der Waals surface area (Å²) in [5, 5.41) is 14.1. The van der Waals surface area contributed by atoms with Gasteiger partial charge in [0.05, 0.1) is 11.6 Å². The van der Waals surface area contributed by atoms with Gasteiger partial charge >= 0.3 is 5.97 Å². The number of carbonyl (C=O) groups excluding carboxylic acids is 1. The number of carbonyl (C=O) groups is 2. The van der Waals surface area contributed by atoms with E-state index in [9.17, 15) is 14.7 Å². The van der Waals surface area contributed by atoms with Crippen molar-refractivity contribution in [3.63, 3.8) is 0 Å². The maximum atomic E-state index is 13.1. The van der Waals surface area contributed by atoms with Crippen molar-refractivity contribution in [1.82, 2.24) is 19.7 Å². The molecule has 3 heterocycles. The fourth-order valence-corrected chi connectivity index (χ4v) is 3.45. The average molecular weight is 356 g/mol. The van der Waals surface area contributed by atoms with E-state index in [-0.39, 0.29) is 24.3 Å². The fourth-order valence-electron chi connectivity index (χ4n) is 3.45. The normalized spacial score (nSPS) is 19.9. The first-order valence-corrected chi connectivity index (χ1v) is 8.92. The summed E-state index contributed by atoms with van der Waals surface area (Å²) in [5.74, 6) is -1.72. The topological polar surface area (TPSA) is 88.3 Å². The van der Waals surface area contributed by atoms with Crippen LogP contribution < -0.4 is 0 Å². The molecule has 0 saturated carbocycles. The van der Waals surface area contributed by atoms with Crippen LogP contribution in [0.1, 0.15) is 54.4 Å². The summed E-state index contributed by atoms with van der Waals surface area (Å²) in [7, 11) is 0. The Kier molecular flexibility index (Phi) is 5.06. The Bertz CT molecular complexity index is 800. The van der Waals surface area contributed by atoms with Gasteiger partial charge in [0.15, 0.2) is 0 Å². The van der Waals surface area contributed by atoms with Gasteiger partial charge in [0.2, 0.25) is 0 Å². The third-order valence-electron chi connectivity index (χ3n) is 4.95. The van der Waals surface area contributed by atoms with Gasteiger partial charge in [0, 0.05) is 37.9 Å². The number of rotatable bonds is 5. The SMILES string of the molecule is CCn1nc(C(C)C)cc1C(=O)N1C[C@H](C(=O)O)[C@@H](c2cccnc2)C1. The Morgan fingerprint density at radius 2 is 2.12 bits per heavy atom. The lowest BCUT2D eigenvalue weighted by atomic mass is 9.90. The average Bonchev–Trinajstić information content (AvgIpc) is 3.26. The Hall–Kier alpha value is -2.70. The molecule has 2 aromatic rings. The maximum Gasteiger partial charge on any atom is 0.308 e. The van der Waals surface area contributed by atoms with Crippen LogP contribution in [0.3, 0.4) is 0 Å². The molecule has 2 atom stereocenters. The molecule has 7 nitrogen and oxygen atoms in total. The van der Waals surface area contributed by atoms with Gasteiger partial charge in [-0.3, -0.25) is 19.3 Å². The van der Waals surface area contributed by atoms with E-state index in [2.05, 4.69) is 10.1 Å². The predicted octanol–water partition coefficient (Wildman–Crippen LogP) is 2.36. The monoisotopic (exact) mass is 356 g/mol. The van der Waals surface area contributed by atoms with Crippen molar-refractivity contribution in [1.29, 1.82) is 0 Å². The van der Waals surface area contributed by atoms with Gasteiger partial charge in [-0.1, -0.05) is 19.9 Å². The van der Waals surface area contributed by atoms with Gasteiger partial charge in [0.25, 0.3) is 5.91 Å². The minimum atomic E-state index is -0.888. The Morgan fingerprint density at radius 1 is 1.35 bits per heavy atom. The van der Waals surface area contributed by atoms with Crippen LogP contribution >= 0.6 is 0 Å². The molecule has 138 valence electrons. The van der Waals surface area contributed by atoms with E-state index in [0.29, 0.717) is 18.8 Å². The van der Waals surface area contributed by atoms with E-state index in [4.69, 9.17) is 0 Å². The van der Waals surface area contributed by atoms with E-state index < -0.39 is 11.9 Å². The van der Waals surface area contributed by atoms with Gasteiger partial charge in [-0.15, -0.1) is 0 Å². The molecular weight excluding hydrogens is 332 g/mol. The maximum absolute atomic E-state index is 13.1. The number of likely N-dealkylation sites (tertiary alicyclic amines) is 1. The van der Waals surface area contributed by atoms with E-state index in [1.807, 2.05) is 32.9 Å². The molecular formula is C19H24N4O3. The van der Waals surface area contributed by atoms with Crippen LogP contribution in [0.5, 0.6) is 0 Å². The van der Waals surface area contributed by atoms with Crippen LogP contribution in [-0.2, 0) is 11.3 Å². The first kappa shape index (κ1) is 18.1. The van der Waals surface area contributed by atoms with Crippen molar-refractivity contribution >= 4 is 11.9 Å². The number of carboxylic acid groups (broad SMARTS) is 1. The van der Waals surface area contributed by atoms with Gasteiger partial charge < -0.3 is 10.0 Å². The van der Waals surface area contributed by atoms with Crippen LogP contribution in [0.4, 0.5) is 0 Å². The number of aryl methyl sites for hydroxylation is 1. The molecule has 0 aromatic carbocycles. The second-order valence-electron chi connectivity index (χ2n) is 6.97. The second kappa shape index (κ2) is 7.27. The largest absolute Gasteiger partial charge is 0.481 e. The Labute approximate surface area is 152 Å². The smallest absolute Gasteiger partial charge is 0.308 e. The molecule has 7 heteroatoms. The highest BCUT2D eigenvalue weighted by Gasteiger charge is 2.41. The highest BCUT2D eigenvalue weighted by atomic mass is 16.4. The first-order valence-electron chi connectivity index (χ1n) is 8.92. The first-order chi connectivity index (χ1) is 12.4. The number of nitrogens with zero attached hydrogens (tertiary/aromatic N) is 4. The van der Waals surface area contributed by atoms with Crippen LogP contribution in [0.25, 0.3) is 0 Å². The molecule has 1 aliphatic rings. The molecule has 1 aliphatic heterocycles. The molecule has 0 unspecified atom stereocenters. The van der Waals surface area contributed by atoms with Crippen molar-refractivity contribution in [3.05, 3.63) is 47.5 Å². The van der Waals surface area contributed by atoms with Crippen molar-refractivity contribution in [2.75, 3.05) is 13.1 Å². The lowest BCUT2D eigenvalue weighted by molar-refractivity contribution is -0.141. The van der Waals surface area contributed by atoms with Crippen molar-refractivity contribution < 1.29 is 14.7 Å². The lowest BCUT2D eigenvalue weighted by Gasteiger charge is -2.16. The Morgan fingerprint density at radius 3 is 2.69 bits per heavy atom. The molecule has 0 spiro atoms. The summed E-state index contributed by atoms with van der Waals surface area (Å²) in [6.07, 6.45) is 3.34. The molecule has 0 aliphatic carbocycles. The summed E-state index contributed by atoms with van der Waals surface area (Å²) >= 11 is 0. The number of aromatic nitrogens is 3. The summed E-state index contributed by atoms with van der Waals surface area (Å²) in [5.41, 5.74) is 2.24. The third-order valence-corrected chi connectivity index (χ3v) is 4.95. The molecule has 1 N–H and O–H groups in total. The number of pyridine rings is 1. The van der Waals surface area contributed by atoms with Crippen molar-refractivity contribution in [3.8, 4) is 0 Å². The zero-order valence-electron chi connectivity index (χ0n) is 15.3. The van der Waals surface area contributed by atoms with Crippen LogP contribution in [-0.4, -0.2) is 49.7 Å². The van der Waals surface area contributed by atoms with Crippen LogP contribution in [0.15, 0.2) is 30.6 Å². The minimum absolute atomic E-state index is 0.163. The predicted molar refractivity (Wildman–Crippen MR) is 96.0 cm³/mol. The van der Waals surface area contributed by atoms with E-state index in [1.165, 1.54) is 0 Å². The molecule has 26 heavy (non-hydrogen) atoms. The number of hydrogen-bond acceptors (Lipinski definition) is 4. The molecule has 1 amide bonds. The number of hydrogen-bond donors (Lipinski definition) is 1. The summed E-state index contributed by atoms with van der Waals surface area (Å²) in [6, 6.07) is 5.48. The molecule has 1 fully saturated rings. The molecule has 0 bridgehead atoms. The standard InChI is InChI=1S/C19H24N4O3/c1-4-23-17(8-16(21-23)12(2)3)18(24)22-10-14(15(11-22)19(25)26)13-6-5-7-20-9-13/h5-9,12,14-15H,4,10-11H2,1-3H3,(H,25,26)/t14-,15+/m1/s1. The van der Waals surface area contributed by atoms with E-state index >= 15 is 0 Å². The van der Waals surface area contributed by atoms with E-state index in [0.717, 1.165) is 11.3 Å². The van der Waals surface area contributed by atoms with Crippen LogP contribution in [0, 0.1) is 5.92 Å². The van der Waals surface area contributed by atoms with E-state index in [1.54, 1.807) is 28.0 Å². The van der Waals surface area contributed by atoms with Gasteiger partial charge in [-0.05, 0) is 30.5 Å². The number of amides is 1. The minimum Gasteiger partial charge on any atom is -0.481 e. The second-order valence-corrected chi connectivity index (χ2v) is 6.97. The highest BCUT2D eigenvalue weighted by Crippen LogP contribution is 2.33. The van der Waals surface area contributed by atoms with Crippen LogP contribution in [0.2, 0.25) is 0 Å². The fraction of sp³-hybridized carbons (Fsp3) is 0.474. The molecule has 3 rings (SSSR count). The van der Waals surface area contributed by atoms with Gasteiger partial charge in [-0.25, -0.2) is 0 Å². The van der Waals surface area contributed by atoms with Gasteiger partial charge in [-0.2, -0.15) is 5.10 Å². The molecule has 0 radical (unpaired) electrons. The summed E-state index contributed by atoms with van der Waals surface area (Å²) < 4.78 is 1.70. The summed E-state index contributed by atoms with van der Waals surface area (Å²) in [4.78, 5) is 30.5. The Balaban J connectivity index is 1.88. The van der Waals surface area contributed by atoms with Crippen molar-refractivity contribution in [2.24, 2.45) is 5.92 Å². The molecule has 2 aromatic heterocycles. The molecule has 1 saturated heterocycles. The quantitative estimate of drug-likeness (QED) is 0.888. The zero-order chi connectivity index (χ0) is 18.8. The number of carboxylic acids is 1. The lowest BCUT2D eigenvalue weighted by Crippen LogP contribution is -2.31. The number of aliphatic carboxylic acids is 1.